The maximum absolute atomic E-state index is 2.41. The first-order valence-corrected chi connectivity index (χ1v) is 6.29. The molecule has 1 aromatic heterocycles. The van der Waals surface area contributed by atoms with Gasteiger partial charge < -0.3 is 4.57 Å². The van der Waals surface area contributed by atoms with Crippen molar-refractivity contribution in [2.75, 3.05) is 0 Å². The molecule has 0 aliphatic heterocycles. The van der Waals surface area contributed by atoms with Gasteiger partial charge in [0.2, 0.25) is 0 Å². The van der Waals surface area contributed by atoms with Gasteiger partial charge in [0.25, 0.3) is 0 Å². The maximum atomic E-state index is 2.41. The molecule has 1 heterocycles. The van der Waals surface area contributed by atoms with E-state index in [2.05, 4.69) is 55.8 Å². The highest BCUT2D eigenvalue weighted by molar-refractivity contribution is 5.83. The summed E-state index contributed by atoms with van der Waals surface area (Å²) in [4.78, 5) is 0. The maximum Gasteiger partial charge on any atom is 0.0512 e. The van der Waals surface area contributed by atoms with E-state index >= 15 is 0 Å². The van der Waals surface area contributed by atoms with E-state index in [0.29, 0.717) is 0 Å². The summed E-state index contributed by atoms with van der Waals surface area (Å²) in [5, 5.41) is 1.38. The second-order valence-electron chi connectivity index (χ2n) is 4.90. The van der Waals surface area contributed by atoms with Crippen LogP contribution in [0.4, 0.5) is 0 Å². The molecule has 1 heteroatoms. The molecule has 0 amide bonds. The van der Waals surface area contributed by atoms with Crippen molar-refractivity contribution in [3.63, 3.8) is 0 Å². The van der Waals surface area contributed by atoms with Crippen molar-refractivity contribution in [2.45, 2.75) is 40.2 Å². The van der Waals surface area contributed by atoms with Crippen molar-refractivity contribution in [1.29, 1.82) is 0 Å². The summed E-state index contributed by atoms with van der Waals surface area (Å²) in [6.45, 7) is 7.94. The molecule has 0 bridgehead atoms. The summed E-state index contributed by atoms with van der Waals surface area (Å²) < 4.78 is 2.41. The smallest absolute Gasteiger partial charge is 0.0512 e. The third kappa shape index (κ3) is 2.13. The molecule has 0 fully saturated rings. The predicted octanol–water partition coefficient (Wildman–Crippen LogP) is 4.25. The molecule has 0 saturated carbocycles. The van der Waals surface area contributed by atoms with E-state index < -0.39 is 0 Å². The lowest BCUT2D eigenvalue weighted by Gasteiger charge is -2.10. The van der Waals surface area contributed by atoms with Gasteiger partial charge in [-0.1, -0.05) is 39.0 Å². The summed E-state index contributed by atoms with van der Waals surface area (Å²) in [5.41, 5.74) is 2.90. The van der Waals surface area contributed by atoms with E-state index in [9.17, 15) is 0 Å². The summed E-state index contributed by atoms with van der Waals surface area (Å²) in [6.07, 6.45) is 4.59. The molecule has 0 unspecified atom stereocenters. The standard InChI is InChI=1S/C15H21N/c1-4-13-6-5-7-14-9-11-16(15(13)14)10-8-12(2)3/h5-7,9,11-12H,4,8,10H2,1-3H3. The molecular formula is C15H21N. The fraction of sp³-hybridized carbons (Fsp3) is 0.467. The van der Waals surface area contributed by atoms with Gasteiger partial charge in [-0.2, -0.15) is 0 Å². The van der Waals surface area contributed by atoms with Crippen LogP contribution >= 0.6 is 0 Å². The second kappa shape index (κ2) is 4.73. The van der Waals surface area contributed by atoms with Gasteiger partial charge in [0.05, 0.1) is 5.52 Å². The zero-order valence-corrected chi connectivity index (χ0v) is 10.5. The predicted molar refractivity (Wildman–Crippen MR) is 70.8 cm³/mol. The van der Waals surface area contributed by atoms with Gasteiger partial charge in [-0.05, 0) is 35.8 Å². The van der Waals surface area contributed by atoms with Crippen molar-refractivity contribution in [1.82, 2.24) is 4.57 Å². The van der Waals surface area contributed by atoms with Crippen molar-refractivity contribution in [3.8, 4) is 0 Å². The Hall–Kier alpha value is -1.24. The van der Waals surface area contributed by atoms with Crippen molar-refractivity contribution >= 4 is 10.9 Å². The van der Waals surface area contributed by atoms with Crippen LogP contribution in [0.15, 0.2) is 30.5 Å². The molecule has 2 rings (SSSR count). The van der Waals surface area contributed by atoms with Crippen molar-refractivity contribution < 1.29 is 0 Å². The van der Waals surface area contributed by atoms with Crippen LogP contribution in [0.5, 0.6) is 0 Å². The Morgan fingerprint density at radius 3 is 2.69 bits per heavy atom. The van der Waals surface area contributed by atoms with Crippen LogP contribution in [-0.2, 0) is 13.0 Å². The normalized spacial score (nSPS) is 11.5. The molecule has 1 nitrogen and oxygen atoms in total. The molecule has 1 aromatic carbocycles. The third-order valence-electron chi connectivity index (χ3n) is 3.20. The topological polar surface area (TPSA) is 4.93 Å². The molecule has 16 heavy (non-hydrogen) atoms. The highest BCUT2D eigenvalue weighted by atomic mass is 15.0. The average Bonchev–Trinajstić information content (AvgIpc) is 2.69. The largest absolute Gasteiger partial charge is 0.347 e. The second-order valence-corrected chi connectivity index (χ2v) is 4.90. The number of hydrogen-bond donors (Lipinski definition) is 0. The first kappa shape index (κ1) is 11.3. The summed E-state index contributed by atoms with van der Waals surface area (Å²) in [5.74, 6) is 0.770. The van der Waals surface area contributed by atoms with Crippen LogP contribution in [0.3, 0.4) is 0 Å². The lowest BCUT2D eigenvalue weighted by atomic mass is 10.1. The molecule has 0 atom stereocenters. The van der Waals surface area contributed by atoms with Crippen molar-refractivity contribution in [2.24, 2.45) is 5.92 Å². The fourth-order valence-electron chi connectivity index (χ4n) is 2.21. The molecule has 0 aliphatic carbocycles. The number of nitrogens with zero attached hydrogens (tertiary/aromatic N) is 1. The third-order valence-corrected chi connectivity index (χ3v) is 3.20. The quantitative estimate of drug-likeness (QED) is 0.718. The molecule has 86 valence electrons. The fourth-order valence-corrected chi connectivity index (χ4v) is 2.21. The van der Waals surface area contributed by atoms with Crippen LogP contribution in [0, 0.1) is 5.92 Å². The lowest BCUT2D eigenvalue weighted by molar-refractivity contribution is 0.524. The van der Waals surface area contributed by atoms with Gasteiger partial charge in [-0.25, -0.2) is 0 Å². The van der Waals surface area contributed by atoms with Crippen LogP contribution in [-0.4, -0.2) is 4.57 Å². The average molecular weight is 215 g/mol. The molecule has 2 aromatic rings. The summed E-state index contributed by atoms with van der Waals surface area (Å²) in [7, 11) is 0. The molecule has 0 saturated heterocycles. The molecule has 0 aliphatic rings. The Labute approximate surface area is 98.1 Å². The van der Waals surface area contributed by atoms with Gasteiger partial charge in [-0.15, -0.1) is 0 Å². The molecule has 0 N–H and O–H groups in total. The molecule has 0 radical (unpaired) electrons. The number of fused-ring (bicyclic) bond motifs is 1. The first-order valence-electron chi connectivity index (χ1n) is 6.29. The van der Waals surface area contributed by atoms with E-state index in [-0.39, 0.29) is 0 Å². The van der Waals surface area contributed by atoms with Gasteiger partial charge in [-0.3, -0.25) is 0 Å². The molecule has 0 spiro atoms. The zero-order chi connectivity index (χ0) is 11.5. The van der Waals surface area contributed by atoms with Crippen LogP contribution in [0.25, 0.3) is 10.9 Å². The number of para-hydroxylation sites is 1. The van der Waals surface area contributed by atoms with Crippen molar-refractivity contribution in [3.05, 3.63) is 36.0 Å². The number of hydrogen-bond acceptors (Lipinski definition) is 0. The van der Waals surface area contributed by atoms with Crippen LogP contribution in [0.1, 0.15) is 32.8 Å². The minimum Gasteiger partial charge on any atom is -0.347 e. The Bertz CT molecular complexity index is 465. The Morgan fingerprint density at radius 2 is 2.00 bits per heavy atom. The SMILES string of the molecule is CCc1cccc2ccn(CCC(C)C)c12. The van der Waals surface area contributed by atoms with E-state index in [1.54, 1.807) is 0 Å². The number of benzene rings is 1. The highest BCUT2D eigenvalue weighted by Gasteiger charge is 2.05. The number of aryl methyl sites for hydroxylation is 2. The number of rotatable bonds is 4. The van der Waals surface area contributed by atoms with Gasteiger partial charge in [0.15, 0.2) is 0 Å². The Kier molecular flexibility index (Phi) is 3.33. The lowest BCUT2D eigenvalue weighted by Crippen LogP contribution is -2.01. The van der Waals surface area contributed by atoms with Gasteiger partial charge in [0, 0.05) is 12.7 Å². The monoisotopic (exact) mass is 215 g/mol. The van der Waals surface area contributed by atoms with Gasteiger partial charge in [0.1, 0.15) is 0 Å². The van der Waals surface area contributed by atoms with Gasteiger partial charge >= 0.3 is 0 Å². The molecular weight excluding hydrogens is 194 g/mol. The van der Waals surface area contributed by atoms with E-state index in [1.807, 2.05) is 0 Å². The first-order chi connectivity index (χ1) is 7.72. The van der Waals surface area contributed by atoms with Crippen LogP contribution < -0.4 is 0 Å². The minimum absolute atomic E-state index is 0.770. The van der Waals surface area contributed by atoms with E-state index in [1.165, 1.54) is 22.9 Å². The summed E-state index contributed by atoms with van der Waals surface area (Å²) >= 11 is 0. The zero-order valence-electron chi connectivity index (χ0n) is 10.5. The summed E-state index contributed by atoms with van der Waals surface area (Å²) in [6, 6.07) is 8.84. The van der Waals surface area contributed by atoms with E-state index in [0.717, 1.165) is 18.9 Å². The Morgan fingerprint density at radius 1 is 1.19 bits per heavy atom. The van der Waals surface area contributed by atoms with E-state index in [4.69, 9.17) is 0 Å². The Balaban J connectivity index is 2.38. The number of aromatic nitrogens is 1. The minimum atomic E-state index is 0.770. The van der Waals surface area contributed by atoms with Crippen LogP contribution in [0.2, 0.25) is 0 Å². The highest BCUT2D eigenvalue weighted by Crippen LogP contribution is 2.21.